The van der Waals surface area contributed by atoms with E-state index in [1.165, 1.54) is 0 Å². The molecule has 20 heteroatoms. The van der Waals surface area contributed by atoms with Crippen LogP contribution in [0, 0.1) is 49.2 Å². The van der Waals surface area contributed by atoms with Crippen LogP contribution in [-0.2, 0) is 19.2 Å². The second-order valence-electron chi connectivity index (χ2n) is 15.0. The van der Waals surface area contributed by atoms with Crippen molar-refractivity contribution in [2.45, 2.75) is 118 Å². The number of aryl methyl sites for hydroxylation is 2. The average Bonchev–Trinajstić information content (AvgIpc) is 3.93. The van der Waals surface area contributed by atoms with E-state index in [2.05, 4.69) is 52.3 Å². The monoisotopic (exact) mass is 820 g/mol. The van der Waals surface area contributed by atoms with Crippen LogP contribution in [0.25, 0.3) is 0 Å². The van der Waals surface area contributed by atoms with E-state index in [1.807, 2.05) is 13.8 Å². The summed E-state index contributed by atoms with van der Waals surface area (Å²) in [5.41, 5.74) is 9.98. The molecule has 2 aliphatic carbocycles. The van der Waals surface area contributed by atoms with E-state index in [-0.39, 0.29) is 49.2 Å². The smallest absolute Gasteiger partial charge is 0.243 e. The Hall–Kier alpha value is -4.98. The maximum absolute atomic E-state index is 14.6. The predicted octanol–water partition coefficient (Wildman–Crippen LogP) is 5.25. The van der Waals surface area contributed by atoms with Crippen LogP contribution in [0.3, 0.4) is 0 Å². The minimum Gasteiger partial charge on any atom is -0.367 e. The van der Waals surface area contributed by atoms with E-state index in [9.17, 15) is 38.4 Å². The van der Waals surface area contributed by atoms with Crippen LogP contribution in [0.5, 0.6) is 0 Å². The summed E-state index contributed by atoms with van der Waals surface area (Å²) < 4.78 is 29.3. The topological polar surface area (TPSA) is 239 Å². The molecule has 2 aromatic rings. The summed E-state index contributed by atoms with van der Waals surface area (Å²) in [5.74, 6) is -2.14. The molecule has 18 nitrogen and oxygen atoms in total. The number of carbonyl (C=O) groups is 4. The first-order valence-electron chi connectivity index (χ1n) is 20.4. The van der Waals surface area contributed by atoms with Gasteiger partial charge in [-0.3, -0.25) is 51.3 Å². The Bertz CT molecular complexity index is 1480. The largest absolute Gasteiger partial charge is 0.367 e. The van der Waals surface area contributed by atoms with E-state index in [0.717, 1.165) is 77.0 Å². The second-order valence-corrected chi connectivity index (χ2v) is 15.0. The molecule has 0 unspecified atom stereocenters. The van der Waals surface area contributed by atoms with Crippen LogP contribution in [0.4, 0.5) is 32.1 Å². The third-order valence-corrected chi connectivity index (χ3v) is 10.2. The van der Waals surface area contributed by atoms with Gasteiger partial charge in [-0.2, -0.15) is 8.78 Å². The van der Waals surface area contributed by atoms with Crippen molar-refractivity contribution in [3.05, 3.63) is 23.3 Å². The first-order valence-corrected chi connectivity index (χ1v) is 20.4. The zero-order valence-electron chi connectivity index (χ0n) is 34.2. The summed E-state index contributed by atoms with van der Waals surface area (Å²) in [6.07, 6.45) is 13.9. The number of carbonyl (C=O) groups excluding carboxylic acids is 4. The summed E-state index contributed by atoms with van der Waals surface area (Å²) in [5, 5.41) is 25.8. The Morgan fingerprint density at radius 1 is 0.672 bits per heavy atom. The summed E-state index contributed by atoms with van der Waals surface area (Å²) in [6, 6.07) is 0. The maximum Gasteiger partial charge on any atom is 0.243 e. The molecular formula is C38H62F2N12O6. The molecule has 2 fully saturated rings. The van der Waals surface area contributed by atoms with Crippen LogP contribution >= 0.6 is 0 Å². The third-order valence-electron chi connectivity index (χ3n) is 10.2. The third kappa shape index (κ3) is 16.1. The molecule has 0 aromatic carbocycles. The van der Waals surface area contributed by atoms with Crippen molar-refractivity contribution in [1.29, 1.82) is 0 Å². The van der Waals surface area contributed by atoms with Crippen molar-refractivity contribution in [3.8, 4) is 0 Å². The summed E-state index contributed by atoms with van der Waals surface area (Å²) in [7, 11) is 0. The molecule has 2 atom stereocenters. The van der Waals surface area contributed by atoms with Gasteiger partial charge in [0.1, 0.15) is 11.6 Å². The quantitative estimate of drug-likeness (QED) is 0.0292. The SMILES string of the molecule is CCCCNc1nc(C)nc(NNC(=O)[C@H](CC2CCCC2)CN(O)C=O)c1F.CCCCNc1nc(C)nc(NNC(=O)[C@H](CC2CCCC2)CN(O)C=O)c1F. The molecule has 0 bridgehead atoms. The zero-order chi connectivity index (χ0) is 42.5. The molecule has 2 saturated carbocycles. The fourth-order valence-corrected chi connectivity index (χ4v) is 7.09. The van der Waals surface area contributed by atoms with Gasteiger partial charge in [0, 0.05) is 13.1 Å². The lowest BCUT2D eigenvalue weighted by Gasteiger charge is -2.22. The van der Waals surface area contributed by atoms with E-state index in [4.69, 9.17) is 0 Å². The highest BCUT2D eigenvalue weighted by molar-refractivity contribution is 5.81. The van der Waals surface area contributed by atoms with Gasteiger partial charge in [0.25, 0.3) is 0 Å². The molecule has 4 amide bonds. The number of hydrazine groups is 2. The predicted molar refractivity (Wildman–Crippen MR) is 213 cm³/mol. The van der Waals surface area contributed by atoms with Crippen molar-refractivity contribution in [3.63, 3.8) is 0 Å². The first-order chi connectivity index (χ1) is 27.9. The number of nitrogens with zero attached hydrogens (tertiary/aromatic N) is 6. The fourth-order valence-electron chi connectivity index (χ4n) is 7.09. The number of nitrogens with one attached hydrogen (secondary N) is 6. The minimum absolute atomic E-state index is 0.0766. The molecule has 0 spiro atoms. The van der Waals surface area contributed by atoms with Crippen molar-refractivity contribution in [2.75, 3.05) is 47.7 Å². The number of hydroxylamine groups is 4. The van der Waals surface area contributed by atoms with E-state index in [1.54, 1.807) is 13.8 Å². The highest BCUT2D eigenvalue weighted by Gasteiger charge is 2.29. The standard InChI is InChI=1S/2C19H31FN6O3/c2*1-3-4-9-21-17-16(20)18(23-13(2)22-17)24-25-19(28)15(11-26(29)12-27)10-14-7-5-6-8-14/h2*12,14-15,29H,3-11H2,1-2H3,(H,25,28)(H2,21,22,23,24)/t2*15-/m11/s1. The molecule has 2 aliphatic rings. The zero-order valence-corrected chi connectivity index (χ0v) is 34.2. The summed E-state index contributed by atoms with van der Waals surface area (Å²) >= 11 is 0. The molecule has 0 aliphatic heterocycles. The summed E-state index contributed by atoms with van der Waals surface area (Å²) in [4.78, 5) is 62.9. The number of halogens is 2. The number of anilines is 4. The Kier molecular flexibility index (Phi) is 20.8. The highest BCUT2D eigenvalue weighted by atomic mass is 19.1. The highest BCUT2D eigenvalue weighted by Crippen LogP contribution is 2.32. The number of unbranched alkanes of at least 4 members (excludes halogenated alkanes) is 2. The lowest BCUT2D eigenvalue weighted by atomic mass is 9.92. The number of amides is 4. The van der Waals surface area contributed by atoms with Crippen LogP contribution in [0.2, 0.25) is 0 Å². The molecule has 0 saturated heterocycles. The summed E-state index contributed by atoms with van der Waals surface area (Å²) in [6.45, 7) is 8.25. The van der Waals surface area contributed by atoms with Crippen LogP contribution in [0.15, 0.2) is 0 Å². The Morgan fingerprint density at radius 2 is 1.02 bits per heavy atom. The van der Waals surface area contributed by atoms with Crippen LogP contribution in [-0.4, -0.2) is 91.3 Å². The van der Waals surface area contributed by atoms with E-state index in [0.29, 0.717) is 59.5 Å². The van der Waals surface area contributed by atoms with Crippen molar-refractivity contribution in [2.24, 2.45) is 23.7 Å². The Balaban J connectivity index is 0.000000310. The molecule has 4 rings (SSSR count). The molecule has 58 heavy (non-hydrogen) atoms. The van der Waals surface area contributed by atoms with Gasteiger partial charge in [-0.15, -0.1) is 0 Å². The van der Waals surface area contributed by atoms with Crippen LogP contribution < -0.4 is 32.3 Å². The van der Waals surface area contributed by atoms with E-state index >= 15 is 0 Å². The number of hydrogen-bond donors (Lipinski definition) is 8. The van der Waals surface area contributed by atoms with E-state index < -0.39 is 35.3 Å². The van der Waals surface area contributed by atoms with Crippen molar-refractivity contribution < 1.29 is 38.4 Å². The maximum atomic E-state index is 14.6. The Morgan fingerprint density at radius 3 is 1.34 bits per heavy atom. The molecule has 2 aromatic heterocycles. The number of aromatic nitrogens is 4. The van der Waals surface area contributed by atoms with Crippen LogP contribution in [0.1, 0.15) is 115 Å². The lowest BCUT2D eigenvalue weighted by Crippen LogP contribution is -2.41. The molecule has 2 heterocycles. The van der Waals surface area contributed by atoms with Crippen molar-refractivity contribution >= 4 is 47.9 Å². The Labute approximate surface area is 339 Å². The van der Waals surface area contributed by atoms with Gasteiger partial charge in [-0.25, -0.2) is 30.1 Å². The number of hydrogen-bond acceptors (Lipinski definition) is 14. The van der Waals surface area contributed by atoms with Gasteiger partial charge in [-0.05, 0) is 51.4 Å². The molecular weight excluding hydrogens is 758 g/mol. The van der Waals surface area contributed by atoms with Gasteiger partial charge in [0.15, 0.2) is 23.3 Å². The van der Waals surface area contributed by atoms with Gasteiger partial charge in [-0.1, -0.05) is 78.1 Å². The lowest BCUT2D eigenvalue weighted by molar-refractivity contribution is -0.155. The van der Waals surface area contributed by atoms with Gasteiger partial charge in [0.2, 0.25) is 36.3 Å². The normalized spacial score (nSPS) is 15.0. The molecule has 0 radical (unpaired) electrons. The number of rotatable bonds is 24. The molecule has 8 N–H and O–H groups in total. The van der Waals surface area contributed by atoms with Gasteiger partial charge in [0.05, 0.1) is 24.9 Å². The second kappa shape index (κ2) is 25.4. The molecule has 324 valence electrons. The fraction of sp³-hybridized carbons (Fsp3) is 0.684. The van der Waals surface area contributed by atoms with Crippen molar-refractivity contribution in [1.82, 2.24) is 40.9 Å². The van der Waals surface area contributed by atoms with Gasteiger partial charge >= 0.3 is 0 Å². The average molecular weight is 821 g/mol. The first kappa shape index (κ1) is 47.4. The van der Waals surface area contributed by atoms with Gasteiger partial charge < -0.3 is 10.6 Å². The minimum atomic E-state index is -0.684.